The Labute approximate surface area is 156 Å². The summed E-state index contributed by atoms with van der Waals surface area (Å²) in [6, 6.07) is 7.11. The Balaban J connectivity index is 1.35. The molecule has 1 fully saturated rings. The summed E-state index contributed by atoms with van der Waals surface area (Å²) in [5.74, 6) is 1.02. The van der Waals surface area contributed by atoms with E-state index in [9.17, 15) is 4.79 Å². The molecule has 0 aromatic carbocycles. The quantitative estimate of drug-likeness (QED) is 0.716. The van der Waals surface area contributed by atoms with Crippen molar-refractivity contribution in [2.75, 3.05) is 13.2 Å². The normalized spacial score (nSPS) is 16.2. The minimum absolute atomic E-state index is 0.00380. The van der Waals surface area contributed by atoms with Gasteiger partial charge in [-0.2, -0.15) is 0 Å². The number of aromatic nitrogens is 4. The number of rotatable bonds is 6. The molecule has 0 unspecified atom stereocenters. The van der Waals surface area contributed by atoms with Crippen LogP contribution in [0.1, 0.15) is 22.3 Å². The van der Waals surface area contributed by atoms with Gasteiger partial charge in [-0.1, -0.05) is 6.07 Å². The molecule has 0 aliphatic carbocycles. The molecule has 4 rings (SSSR count). The van der Waals surface area contributed by atoms with Crippen molar-refractivity contribution in [2.24, 2.45) is 0 Å². The van der Waals surface area contributed by atoms with Gasteiger partial charge in [-0.05, 0) is 17.7 Å². The molecule has 1 aliphatic rings. The lowest BCUT2D eigenvalue weighted by molar-refractivity contribution is 0.0949. The first kappa shape index (κ1) is 17.2. The van der Waals surface area contributed by atoms with Crippen molar-refractivity contribution in [3.8, 4) is 11.7 Å². The van der Waals surface area contributed by atoms with Crippen molar-refractivity contribution >= 4 is 5.91 Å². The predicted octanol–water partition coefficient (Wildman–Crippen LogP) is 1.76. The summed E-state index contributed by atoms with van der Waals surface area (Å²) in [6.07, 6.45) is 9.34. The lowest BCUT2D eigenvalue weighted by Crippen LogP contribution is -2.23. The SMILES string of the molecule is O=C(NCc1ccc(-n2ccnc2)nc1)c1ccnc(O[C@H]2CCOC2)c1. The van der Waals surface area contributed by atoms with Gasteiger partial charge in [0.25, 0.3) is 5.91 Å². The maximum atomic E-state index is 12.4. The van der Waals surface area contributed by atoms with E-state index in [-0.39, 0.29) is 12.0 Å². The standard InChI is InChI=1S/C19H19N5O3/c25-19(15-3-5-21-18(9-15)27-16-4-8-26-12-16)23-11-14-1-2-17(22-10-14)24-7-6-20-13-24/h1-3,5-7,9-10,13,16H,4,8,11-12H2,(H,23,25)/t16-/m0/s1. The van der Waals surface area contributed by atoms with Crippen LogP contribution >= 0.6 is 0 Å². The Kier molecular flexibility index (Phi) is 5.06. The van der Waals surface area contributed by atoms with Crippen molar-refractivity contribution in [3.05, 3.63) is 66.5 Å². The summed E-state index contributed by atoms with van der Waals surface area (Å²) < 4.78 is 12.8. The summed E-state index contributed by atoms with van der Waals surface area (Å²) >= 11 is 0. The van der Waals surface area contributed by atoms with Crippen LogP contribution in [0.4, 0.5) is 0 Å². The number of amides is 1. The Morgan fingerprint density at radius 2 is 2.26 bits per heavy atom. The fourth-order valence-electron chi connectivity index (χ4n) is 2.74. The Morgan fingerprint density at radius 1 is 1.30 bits per heavy atom. The van der Waals surface area contributed by atoms with E-state index in [1.807, 2.05) is 22.9 Å². The molecule has 0 spiro atoms. The van der Waals surface area contributed by atoms with Crippen molar-refractivity contribution < 1.29 is 14.3 Å². The predicted molar refractivity (Wildman–Crippen MR) is 96.6 cm³/mol. The summed E-state index contributed by atoms with van der Waals surface area (Å²) in [6.45, 7) is 1.63. The minimum Gasteiger partial charge on any atom is -0.472 e. The van der Waals surface area contributed by atoms with Gasteiger partial charge in [0.1, 0.15) is 18.2 Å². The molecule has 0 bridgehead atoms. The van der Waals surface area contributed by atoms with E-state index >= 15 is 0 Å². The maximum absolute atomic E-state index is 12.4. The smallest absolute Gasteiger partial charge is 0.251 e. The zero-order chi connectivity index (χ0) is 18.5. The molecule has 1 aliphatic heterocycles. The van der Waals surface area contributed by atoms with Crippen molar-refractivity contribution in [2.45, 2.75) is 19.1 Å². The Hall–Kier alpha value is -3.26. The van der Waals surface area contributed by atoms with Crippen molar-refractivity contribution in [1.29, 1.82) is 0 Å². The molecular weight excluding hydrogens is 346 g/mol. The van der Waals surface area contributed by atoms with Gasteiger partial charge in [0.2, 0.25) is 5.88 Å². The van der Waals surface area contributed by atoms with Gasteiger partial charge in [0.15, 0.2) is 0 Å². The number of hydrogen-bond acceptors (Lipinski definition) is 6. The van der Waals surface area contributed by atoms with Gasteiger partial charge in [-0.3, -0.25) is 9.36 Å². The molecule has 3 aromatic rings. The number of nitrogens with one attached hydrogen (secondary N) is 1. The molecule has 138 valence electrons. The van der Waals surface area contributed by atoms with Crippen LogP contribution < -0.4 is 10.1 Å². The average Bonchev–Trinajstić information content (AvgIpc) is 3.41. The number of hydrogen-bond donors (Lipinski definition) is 1. The molecule has 1 atom stereocenters. The molecular formula is C19H19N5O3. The highest BCUT2D eigenvalue weighted by Crippen LogP contribution is 2.16. The molecule has 0 radical (unpaired) electrons. The Bertz CT molecular complexity index is 890. The molecule has 8 heteroatoms. The molecule has 1 saturated heterocycles. The second kappa shape index (κ2) is 7.96. The zero-order valence-electron chi connectivity index (χ0n) is 14.6. The molecule has 27 heavy (non-hydrogen) atoms. The van der Waals surface area contributed by atoms with Gasteiger partial charge in [-0.15, -0.1) is 0 Å². The summed E-state index contributed by atoms with van der Waals surface area (Å²) in [4.78, 5) is 24.9. The van der Waals surface area contributed by atoms with Crippen LogP contribution in [0.2, 0.25) is 0 Å². The van der Waals surface area contributed by atoms with E-state index in [4.69, 9.17) is 9.47 Å². The number of nitrogens with zero attached hydrogens (tertiary/aromatic N) is 4. The largest absolute Gasteiger partial charge is 0.472 e. The van der Waals surface area contributed by atoms with E-state index in [1.165, 1.54) is 0 Å². The Morgan fingerprint density at radius 3 is 3.00 bits per heavy atom. The maximum Gasteiger partial charge on any atom is 0.251 e. The van der Waals surface area contributed by atoms with Gasteiger partial charge < -0.3 is 14.8 Å². The van der Waals surface area contributed by atoms with Gasteiger partial charge in [0, 0.05) is 49.4 Å². The number of pyridine rings is 2. The third kappa shape index (κ3) is 4.29. The summed E-state index contributed by atoms with van der Waals surface area (Å²) in [7, 11) is 0. The van der Waals surface area contributed by atoms with Crippen LogP contribution in [-0.2, 0) is 11.3 Å². The highest BCUT2D eigenvalue weighted by atomic mass is 16.5. The zero-order valence-corrected chi connectivity index (χ0v) is 14.6. The van der Waals surface area contributed by atoms with Crippen LogP contribution in [0, 0.1) is 0 Å². The first-order valence-corrected chi connectivity index (χ1v) is 8.70. The molecule has 0 saturated carbocycles. The molecule has 4 heterocycles. The minimum atomic E-state index is -0.191. The number of imidazole rings is 1. The van der Waals surface area contributed by atoms with Crippen molar-refractivity contribution in [1.82, 2.24) is 24.8 Å². The van der Waals surface area contributed by atoms with Crippen LogP contribution in [0.3, 0.4) is 0 Å². The second-order valence-electron chi connectivity index (χ2n) is 6.16. The van der Waals surface area contributed by atoms with E-state index in [1.54, 1.807) is 37.1 Å². The first-order valence-electron chi connectivity index (χ1n) is 8.70. The van der Waals surface area contributed by atoms with E-state index < -0.39 is 0 Å². The third-order valence-corrected chi connectivity index (χ3v) is 4.20. The highest BCUT2D eigenvalue weighted by molar-refractivity contribution is 5.94. The molecule has 1 amide bonds. The fourth-order valence-corrected chi connectivity index (χ4v) is 2.74. The summed E-state index contributed by atoms with van der Waals surface area (Å²) in [5.41, 5.74) is 1.41. The number of ether oxygens (including phenoxy) is 2. The molecule has 8 nitrogen and oxygen atoms in total. The third-order valence-electron chi connectivity index (χ3n) is 4.20. The number of carbonyl (C=O) groups excluding carboxylic acids is 1. The lowest BCUT2D eigenvalue weighted by atomic mass is 10.2. The van der Waals surface area contributed by atoms with Crippen LogP contribution in [0.25, 0.3) is 5.82 Å². The van der Waals surface area contributed by atoms with Crippen LogP contribution in [0.15, 0.2) is 55.4 Å². The summed E-state index contributed by atoms with van der Waals surface area (Å²) in [5, 5.41) is 2.88. The molecule has 3 aromatic heterocycles. The lowest BCUT2D eigenvalue weighted by Gasteiger charge is -2.11. The first-order chi connectivity index (χ1) is 13.3. The van der Waals surface area contributed by atoms with Gasteiger partial charge >= 0.3 is 0 Å². The second-order valence-corrected chi connectivity index (χ2v) is 6.16. The molecule has 1 N–H and O–H groups in total. The highest BCUT2D eigenvalue weighted by Gasteiger charge is 2.18. The van der Waals surface area contributed by atoms with E-state index in [0.717, 1.165) is 17.8 Å². The average molecular weight is 365 g/mol. The topological polar surface area (TPSA) is 91.2 Å². The van der Waals surface area contributed by atoms with Crippen LogP contribution in [0.5, 0.6) is 5.88 Å². The number of carbonyl (C=O) groups is 1. The van der Waals surface area contributed by atoms with Gasteiger partial charge in [0.05, 0.1) is 13.2 Å². The fraction of sp³-hybridized carbons (Fsp3) is 0.263. The van der Waals surface area contributed by atoms with Crippen molar-refractivity contribution in [3.63, 3.8) is 0 Å². The van der Waals surface area contributed by atoms with E-state index in [2.05, 4.69) is 20.3 Å². The van der Waals surface area contributed by atoms with E-state index in [0.29, 0.717) is 31.2 Å². The van der Waals surface area contributed by atoms with Gasteiger partial charge in [-0.25, -0.2) is 15.0 Å². The monoisotopic (exact) mass is 365 g/mol. The van der Waals surface area contributed by atoms with Crippen LogP contribution in [-0.4, -0.2) is 44.7 Å².